The van der Waals surface area contributed by atoms with Gasteiger partial charge in [-0.25, -0.2) is 0 Å². The smallest absolute Gasteiger partial charge is 0.197 e. The molecule has 0 bridgehead atoms. The molecule has 1 aliphatic heterocycles. The molecule has 0 aromatic heterocycles. The first kappa shape index (κ1) is 25.1. The fourth-order valence-electron chi connectivity index (χ4n) is 4.14. The third kappa shape index (κ3) is 7.50. The summed E-state index contributed by atoms with van der Waals surface area (Å²) in [5, 5.41) is 0. The maximum Gasteiger partial charge on any atom is 0.197 e. The van der Waals surface area contributed by atoms with Gasteiger partial charge < -0.3 is 14.4 Å². The van der Waals surface area contributed by atoms with Gasteiger partial charge in [0.2, 0.25) is 0 Å². The van der Waals surface area contributed by atoms with Gasteiger partial charge in [0.05, 0.1) is 18.4 Å². The normalized spacial score (nSPS) is 13.3. The van der Waals surface area contributed by atoms with Crippen LogP contribution >= 0.6 is 0 Å². The Morgan fingerprint density at radius 3 is 2.42 bits per heavy atom. The van der Waals surface area contributed by atoms with Crippen molar-refractivity contribution in [3.05, 3.63) is 65.4 Å². The molecule has 5 heteroatoms. The monoisotopic (exact) mass is 445 g/mol. The lowest BCUT2D eigenvalue weighted by Gasteiger charge is -2.21. The van der Waals surface area contributed by atoms with Crippen molar-refractivity contribution in [3.63, 3.8) is 0 Å². The maximum atomic E-state index is 13.1. The van der Waals surface area contributed by atoms with Gasteiger partial charge in [0.15, 0.2) is 5.78 Å². The Hall–Kier alpha value is -2.53. The number of ether oxygens (including phenoxy) is 2. The van der Waals surface area contributed by atoms with Gasteiger partial charge in [0.25, 0.3) is 0 Å². The number of hydrogen-bond acceptors (Lipinski definition) is 4. The van der Waals surface area contributed by atoms with Crippen LogP contribution in [0.25, 0.3) is 5.57 Å². The zero-order valence-electron chi connectivity index (χ0n) is 20.1. The van der Waals surface area contributed by atoms with Crippen LogP contribution in [0.3, 0.4) is 0 Å². The number of rotatable bonds is 13. The van der Waals surface area contributed by atoms with Crippen LogP contribution in [0.4, 0.5) is 0 Å². The number of Topliss-reactive ketones (excluding diaryl/α,β-unsaturated/α-hetero) is 1. The molecule has 2 aromatic carbocycles. The number of hydrogen-bond donors (Lipinski definition) is 0. The Morgan fingerprint density at radius 2 is 1.70 bits per heavy atom. The van der Waals surface area contributed by atoms with Gasteiger partial charge in [-0.05, 0) is 69.1 Å². The Kier molecular flexibility index (Phi) is 10.1. The maximum absolute atomic E-state index is 13.1. The van der Waals surface area contributed by atoms with E-state index in [1.807, 2.05) is 30.3 Å². The van der Waals surface area contributed by atoms with Crippen molar-refractivity contribution in [3.8, 4) is 5.75 Å². The average Bonchev–Trinajstić information content (AvgIpc) is 2.98. The Labute approximate surface area is 200 Å². The second-order valence-electron chi connectivity index (χ2n) is 8.72. The van der Waals surface area contributed by atoms with Gasteiger partial charge in [-0.1, -0.05) is 56.4 Å². The molecule has 0 atom stereocenters. The number of carbonyl (C=O) groups is 1. The predicted molar refractivity (Wildman–Crippen MR) is 136 cm³/mol. The lowest BCUT2D eigenvalue weighted by atomic mass is 9.91. The molecule has 0 spiro atoms. The summed E-state index contributed by atoms with van der Waals surface area (Å²) in [5.74, 6) is 0.743. The van der Waals surface area contributed by atoms with Crippen LogP contribution in [0.15, 0.2) is 48.7 Å². The summed E-state index contributed by atoms with van der Waals surface area (Å²) in [6.07, 6.45) is 8.77. The highest BCUT2D eigenvalue weighted by Gasteiger charge is 2.21. The van der Waals surface area contributed by atoms with Crippen molar-refractivity contribution in [1.29, 1.82) is 0 Å². The first-order chi connectivity index (χ1) is 16.1. The van der Waals surface area contributed by atoms with Gasteiger partial charge >= 0.3 is 0 Å². The summed E-state index contributed by atoms with van der Waals surface area (Å²) < 4.78 is 11.7. The molecule has 4 nitrogen and oxygen atoms in total. The highest BCUT2D eigenvalue weighted by Crippen LogP contribution is 2.28. The summed E-state index contributed by atoms with van der Waals surface area (Å²) in [7, 11) is 5.77. The number of carbonyl (C=O) groups excluding carboxylic acids is 1. The summed E-state index contributed by atoms with van der Waals surface area (Å²) in [6.45, 7) is 9.03. The van der Waals surface area contributed by atoms with E-state index in [0.717, 1.165) is 36.3 Å². The lowest BCUT2D eigenvalue weighted by molar-refractivity contribution is 0.105. The van der Waals surface area contributed by atoms with E-state index in [9.17, 15) is 4.79 Å². The SMILES string of the molecule is [B]c1ccc(C2=COCc3cc(OCCCCN(CCC)CCCCC)ccc3C2=O)cc1. The standard InChI is InChI=1S/C28H36BNO3/c1-3-5-6-16-30(15-4-2)17-7-8-18-33-25-13-14-26-23(19-25)20-32-21-27(28(26)31)22-9-11-24(29)12-10-22/h9-14,19,21H,3-8,15-18,20H2,1-2H3. The molecule has 1 aliphatic rings. The summed E-state index contributed by atoms with van der Waals surface area (Å²) in [5.41, 5.74) is 3.51. The van der Waals surface area contributed by atoms with Gasteiger partial charge in [-0.3, -0.25) is 4.79 Å². The minimum absolute atomic E-state index is 0.0436. The average molecular weight is 445 g/mol. The zero-order valence-corrected chi connectivity index (χ0v) is 20.1. The van der Waals surface area contributed by atoms with E-state index in [1.54, 1.807) is 18.4 Å². The second kappa shape index (κ2) is 13.2. The molecule has 174 valence electrons. The zero-order chi connectivity index (χ0) is 23.5. The van der Waals surface area contributed by atoms with E-state index in [1.165, 1.54) is 38.8 Å². The Bertz CT molecular complexity index is 923. The molecule has 0 amide bonds. The molecule has 0 fully saturated rings. The van der Waals surface area contributed by atoms with Gasteiger partial charge in [-0.15, -0.1) is 0 Å². The van der Waals surface area contributed by atoms with Crippen LogP contribution in [0.1, 0.15) is 73.9 Å². The van der Waals surface area contributed by atoms with Crippen molar-refractivity contribution >= 4 is 24.7 Å². The van der Waals surface area contributed by atoms with E-state index in [-0.39, 0.29) is 5.78 Å². The topological polar surface area (TPSA) is 38.8 Å². The van der Waals surface area contributed by atoms with Crippen LogP contribution in [-0.4, -0.2) is 44.8 Å². The van der Waals surface area contributed by atoms with Crippen molar-refractivity contribution in [2.75, 3.05) is 26.2 Å². The molecule has 2 radical (unpaired) electrons. The van der Waals surface area contributed by atoms with Gasteiger partial charge in [-0.2, -0.15) is 0 Å². The van der Waals surface area contributed by atoms with Crippen LogP contribution in [0, 0.1) is 0 Å². The molecule has 3 rings (SSSR count). The van der Waals surface area contributed by atoms with Crippen LogP contribution < -0.4 is 10.2 Å². The van der Waals surface area contributed by atoms with Crippen molar-refractivity contribution in [2.45, 2.75) is 59.0 Å². The molecule has 0 saturated carbocycles. The minimum Gasteiger partial charge on any atom is -0.496 e. The molecule has 0 aliphatic carbocycles. The number of benzene rings is 2. The molecular weight excluding hydrogens is 409 g/mol. The summed E-state index contributed by atoms with van der Waals surface area (Å²) in [6, 6.07) is 12.9. The fourth-order valence-corrected chi connectivity index (χ4v) is 4.14. The first-order valence-corrected chi connectivity index (χ1v) is 12.3. The molecule has 2 aromatic rings. The highest BCUT2D eigenvalue weighted by atomic mass is 16.5. The van der Waals surface area contributed by atoms with E-state index in [0.29, 0.717) is 29.8 Å². The lowest BCUT2D eigenvalue weighted by Crippen LogP contribution is -2.27. The third-order valence-corrected chi connectivity index (χ3v) is 5.98. The van der Waals surface area contributed by atoms with E-state index in [4.69, 9.17) is 17.3 Å². The minimum atomic E-state index is -0.0436. The molecule has 0 unspecified atom stereocenters. The number of nitrogens with zero attached hydrogens (tertiary/aromatic N) is 1. The van der Waals surface area contributed by atoms with E-state index < -0.39 is 0 Å². The van der Waals surface area contributed by atoms with Crippen molar-refractivity contribution in [1.82, 2.24) is 4.90 Å². The molecule has 1 heterocycles. The van der Waals surface area contributed by atoms with Crippen molar-refractivity contribution < 1.29 is 14.3 Å². The Morgan fingerprint density at radius 1 is 0.939 bits per heavy atom. The largest absolute Gasteiger partial charge is 0.496 e. The highest BCUT2D eigenvalue weighted by molar-refractivity contribution is 6.33. The molecule has 0 saturated heterocycles. The number of fused-ring (bicyclic) bond motifs is 1. The second-order valence-corrected chi connectivity index (χ2v) is 8.72. The summed E-state index contributed by atoms with van der Waals surface area (Å²) in [4.78, 5) is 15.7. The predicted octanol–water partition coefficient (Wildman–Crippen LogP) is 5.30. The number of ketones is 1. The number of allylic oxidation sites excluding steroid dienone is 1. The van der Waals surface area contributed by atoms with Crippen molar-refractivity contribution in [2.24, 2.45) is 0 Å². The Balaban J connectivity index is 1.51. The van der Waals surface area contributed by atoms with Crippen LogP contribution in [0.2, 0.25) is 0 Å². The molecule has 33 heavy (non-hydrogen) atoms. The summed E-state index contributed by atoms with van der Waals surface area (Å²) >= 11 is 0. The van der Waals surface area contributed by atoms with Crippen LogP contribution in [0.5, 0.6) is 5.75 Å². The molecular formula is C28H36BNO3. The third-order valence-electron chi connectivity index (χ3n) is 5.98. The van der Waals surface area contributed by atoms with Gasteiger partial charge in [0.1, 0.15) is 20.2 Å². The molecule has 0 N–H and O–H groups in total. The van der Waals surface area contributed by atoms with E-state index in [2.05, 4.69) is 18.7 Å². The fraction of sp³-hybridized carbons (Fsp3) is 0.464. The van der Waals surface area contributed by atoms with E-state index >= 15 is 0 Å². The van der Waals surface area contributed by atoms with Gasteiger partial charge in [0, 0.05) is 11.1 Å². The van der Waals surface area contributed by atoms with Crippen LogP contribution in [-0.2, 0) is 11.3 Å². The quantitative estimate of drug-likeness (QED) is 0.310. The first-order valence-electron chi connectivity index (χ1n) is 12.3. The number of unbranched alkanes of at least 4 members (excludes halogenated alkanes) is 3.